The molecule has 0 N–H and O–H groups in total. The van der Waals surface area contributed by atoms with Gasteiger partial charge in [0.15, 0.2) is 5.78 Å². The molecule has 1 saturated heterocycles. The molecule has 0 radical (unpaired) electrons. The first-order valence-corrected chi connectivity index (χ1v) is 8.23. The Balaban J connectivity index is 1.67. The monoisotopic (exact) mass is 291 g/mol. The summed E-state index contributed by atoms with van der Waals surface area (Å²) in [6.45, 7) is 7.78. The van der Waals surface area contributed by atoms with Crippen molar-refractivity contribution in [3.63, 3.8) is 0 Å². The van der Waals surface area contributed by atoms with Gasteiger partial charge in [-0.25, -0.2) is 0 Å². The van der Waals surface area contributed by atoms with Crippen LogP contribution in [0.15, 0.2) is 18.2 Å². The molecule has 0 aliphatic carbocycles. The van der Waals surface area contributed by atoms with Gasteiger partial charge in [0.25, 0.3) is 0 Å². The van der Waals surface area contributed by atoms with Crippen molar-refractivity contribution in [1.29, 1.82) is 0 Å². The lowest BCUT2D eigenvalue weighted by atomic mass is 10.0. The number of hydrogen-bond acceptors (Lipinski definition) is 4. The van der Waals surface area contributed by atoms with E-state index < -0.39 is 0 Å². The number of ketones is 1. The quantitative estimate of drug-likeness (QED) is 0.801. The van der Waals surface area contributed by atoms with Crippen LogP contribution in [0.3, 0.4) is 0 Å². The Morgan fingerprint density at radius 3 is 2.85 bits per heavy atom. The zero-order valence-electron chi connectivity index (χ0n) is 12.1. The number of Topliss-reactive ketones (excluding diaryl/α,β-unsaturated/α-hetero) is 1. The summed E-state index contributed by atoms with van der Waals surface area (Å²) in [5, 5.41) is 1.22. The van der Waals surface area contributed by atoms with E-state index in [4.69, 9.17) is 4.74 Å². The maximum atomic E-state index is 12.4. The second-order valence-corrected chi connectivity index (χ2v) is 7.68. The Labute approximate surface area is 124 Å². The molecule has 0 spiro atoms. The Morgan fingerprint density at radius 2 is 2.10 bits per heavy atom. The molecule has 0 amide bonds. The van der Waals surface area contributed by atoms with Crippen molar-refractivity contribution in [1.82, 2.24) is 4.90 Å². The van der Waals surface area contributed by atoms with Crippen molar-refractivity contribution in [2.75, 3.05) is 26.2 Å². The SMILES string of the molecule is CC1CN(CC(=O)c2ccc3c(c2)CCO3)CC(C)S1. The largest absolute Gasteiger partial charge is 0.493 e. The number of hydrogen-bond donors (Lipinski definition) is 0. The number of benzene rings is 1. The van der Waals surface area contributed by atoms with E-state index >= 15 is 0 Å². The fraction of sp³-hybridized carbons (Fsp3) is 0.562. The van der Waals surface area contributed by atoms with Crippen molar-refractivity contribution in [2.45, 2.75) is 30.8 Å². The minimum atomic E-state index is 0.228. The lowest BCUT2D eigenvalue weighted by Crippen LogP contribution is -2.42. The zero-order chi connectivity index (χ0) is 14.1. The number of carbonyl (C=O) groups is 1. The molecule has 2 aliphatic rings. The van der Waals surface area contributed by atoms with Crippen LogP contribution < -0.4 is 4.74 Å². The van der Waals surface area contributed by atoms with Crippen LogP contribution in [0, 0.1) is 0 Å². The lowest BCUT2D eigenvalue weighted by molar-refractivity contribution is 0.0930. The molecule has 0 bridgehead atoms. The first kappa shape index (κ1) is 14.0. The van der Waals surface area contributed by atoms with Crippen LogP contribution in [-0.2, 0) is 6.42 Å². The fourth-order valence-electron chi connectivity index (χ4n) is 3.07. The number of nitrogens with zero attached hydrogens (tertiary/aromatic N) is 1. The molecule has 2 aliphatic heterocycles. The highest BCUT2D eigenvalue weighted by Gasteiger charge is 2.24. The average Bonchev–Trinajstić information content (AvgIpc) is 2.84. The molecular formula is C16H21NO2S. The topological polar surface area (TPSA) is 29.5 Å². The van der Waals surface area contributed by atoms with E-state index in [2.05, 4.69) is 18.7 Å². The van der Waals surface area contributed by atoms with Gasteiger partial charge in [-0.2, -0.15) is 11.8 Å². The van der Waals surface area contributed by atoms with Crippen molar-refractivity contribution in [3.05, 3.63) is 29.3 Å². The van der Waals surface area contributed by atoms with E-state index in [0.717, 1.165) is 37.4 Å². The normalized spacial score (nSPS) is 26.1. The highest BCUT2D eigenvalue weighted by Crippen LogP contribution is 2.27. The predicted molar refractivity (Wildman–Crippen MR) is 82.9 cm³/mol. The first-order chi connectivity index (χ1) is 9.61. The molecule has 2 heterocycles. The van der Waals surface area contributed by atoms with Crippen LogP contribution in [0.5, 0.6) is 5.75 Å². The maximum Gasteiger partial charge on any atom is 0.176 e. The summed E-state index contributed by atoms with van der Waals surface area (Å²) in [6.07, 6.45) is 0.922. The van der Waals surface area contributed by atoms with Crippen LogP contribution in [0.1, 0.15) is 29.8 Å². The van der Waals surface area contributed by atoms with E-state index in [1.807, 2.05) is 30.0 Å². The second kappa shape index (κ2) is 5.78. The molecule has 4 heteroatoms. The molecule has 20 heavy (non-hydrogen) atoms. The van der Waals surface area contributed by atoms with Gasteiger partial charge in [0.05, 0.1) is 13.2 Å². The van der Waals surface area contributed by atoms with Gasteiger partial charge in [-0.1, -0.05) is 13.8 Å². The molecule has 108 valence electrons. The Morgan fingerprint density at radius 1 is 1.35 bits per heavy atom. The van der Waals surface area contributed by atoms with Gasteiger partial charge in [-0.3, -0.25) is 9.69 Å². The van der Waals surface area contributed by atoms with Gasteiger partial charge >= 0.3 is 0 Å². The third-order valence-electron chi connectivity index (χ3n) is 3.87. The average molecular weight is 291 g/mol. The molecule has 1 fully saturated rings. The van der Waals surface area contributed by atoms with Crippen molar-refractivity contribution in [2.24, 2.45) is 0 Å². The number of fused-ring (bicyclic) bond motifs is 1. The summed E-state index contributed by atoms with van der Waals surface area (Å²) < 4.78 is 5.49. The van der Waals surface area contributed by atoms with Gasteiger partial charge in [0, 0.05) is 35.6 Å². The summed E-state index contributed by atoms with van der Waals surface area (Å²) in [6, 6.07) is 5.85. The van der Waals surface area contributed by atoms with Crippen LogP contribution in [0.2, 0.25) is 0 Å². The summed E-state index contributed by atoms with van der Waals surface area (Å²) in [5.41, 5.74) is 2.00. The number of thioether (sulfide) groups is 1. The molecule has 3 rings (SSSR count). The molecule has 2 atom stereocenters. The molecule has 2 unspecified atom stereocenters. The number of rotatable bonds is 3. The highest BCUT2D eigenvalue weighted by atomic mass is 32.2. The lowest BCUT2D eigenvalue weighted by Gasteiger charge is -2.34. The summed E-state index contributed by atoms with van der Waals surface area (Å²) in [4.78, 5) is 14.7. The van der Waals surface area contributed by atoms with Crippen LogP contribution in [0.4, 0.5) is 0 Å². The van der Waals surface area contributed by atoms with Gasteiger partial charge in [-0.15, -0.1) is 0 Å². The summed E-state index contributed by atoms with van der Waals surface area (Å²) in [7, 11) is 0. The van der Waals surface area contributed by atoms with Crippen LogP contribution >= 0.6 is 11.8 Å². The number of carbonyl (C=O) groups excluding carboxylic acids is 1. The molecule has 0 saturated carbocycles. The Hall–Kier alpha value is -1.000. The van der Waals surface area contributed by atoms with Crippen LogP contribution in [0.25, 0.3) is 0 Å². The van der Waals surface area contributed by atoms with Crippen LogP contribution in [-0.4, -0.2) is 47.4 Å². The minimum absolute atomic E-state index is 0.228. The number of ether oxygens (including phenoxy) is 1. The van der Waals surface area contributed by atoms with E-state index in [-0.39, 0.29) is 5.78 Å². The van der Waals surface area contributed by atoms with E-state index in [9.17, 15) is 4.79 Å². The van der Waals surface area contributed by atoms with E-state index in [0.29, 0.717) is 17.0 Å². The first-order valence-electron chi connectivity index (χ1n) is 7.28. The third-order valence-corrected chi connectivity index (χ3v) is 5.10. The predicted octanol–water partition coefficient (Wildman–Crippen LogP) is 2.63. The molecule has 3 nitrogen and oxygen atoms in total. The van der Waals surface area contributed by atoms with Crippen molar-refractivity contribution < 1.29 is 9.53 Å². The smallest absolute Gasteiger partial charge is 0.176 e. The zero-order valence-corrected chi connectivity index (χ0v) is 12.9. The van der Waals surface area contributed by atoms with E-state index in [1.54, 1.807) is 0 Å². The van der Waals surface area contributed by atoms with Gasteiger partial charge in [0.1, 0.15) is 5.75 Å². The highest BCUT2D eigenvalue weighted by molar-refractivity contribution is 8.00. The minimum Gasteiger partial charge on any atom is -0.493 e. The van der Waals surface area contributed by atoms with Gasteiger partial charge < -0.3 is 4.74 Å². The van der Waals surface area contributed by atoms with Crippen molar-refractivity contribution >= 4 is 17.5 Å². The Bertz CT molecular complexity index is 507. The summed E-state index contributed by atoms with van der Waals surface area (Å²) >= 11 is 2.01. The molecule has 1 aromatic rings. The maximum absolute atomic E-state index is 12.4. The molecule has 1 aromatic carbocycles. The molecule has 0 aromatic heterocycles. The molecular weight excluding hydrogens is 270 g/mol. The fourth-order valence-corrected chi connectivity index (χ4v) is 4.45. The van der Waals surface area contributed by atoms with Gasteiger partial charge in [-0.05, 0) is 23.8 Å². The summed E-state index contributed by atoms with van der Waals surface area (Å²) in [5.74, 6) is 1.17. The van der Waals surface area contributed by atoms with Gasteiger partial charge in [0.2, 0.25) is 0 Å². The third kappa shape index (κ3) is 3.01. The van der Waals surface area contributed by atoms with E-state index in [1.165, 1.54) is 5.56 Å². The Kier molecular flexibility index (Phi) is 4.03. The second-order valence-electron chi connectivity index (χ2n) is 5.80. The standard InChI is InChI=1S/C16H21NO2S/c1-11-8-17(9-12(2)20-11)10-15(18)13-3-4-16-14(7-13)5-6-19-16/h3-4,7,11-12H,5-6,8-10H2,1-2H3. The van der Waals surface area contributed by atoms with Crippen molar-refractivity contribution in [3.8, 4) is 5.75 Å².